The molecule has 0 bridgehead atoms. The number of carboxylic acid groups (broad SMARTS) is 2. The van der Waals surface area contributed by atoms with Gasteiger partial charge in [0.25, 0.3) is 18.1 Å². The molecule has 0 radical (unpaired) electrons. The Labute approximate surface area is 316 Å². The van der Waals surface area contributed by atoms with Crippen LogP contribution in [-0.4, -0.2) is 109 Å². The fourth-order valence-corrected chi connectivity index (χ4v) is 6.97. The third-order valence-corrected chi connectivity index (χ3v) is 9.95. The number of anilines is 3. The monoisotopic (exact) mass is 802 g/mol. The number of nitrogens with one attached hydrogen (secondary N) is 2. The molecule has 5 heterocycles. The number of fused-ring (bicyclic) bond motifs is 1. The Bertz CT molecular complexity index is 2240. The summed E-state index contributed by atoms with van der Waals surface area (Å²) in [6, 6.07) is 0.712. The summed E-state index contributed by atoms with van der Waals surface area (Å²) in [5, 5.41) is 46.5. The number of thioether (sulfide) groups is 1. The van der Waals surface area contributed by atoms with E-state index in [2.05, 4.69) is 30.1 Å². The number of hydrogen-bond acceptors (Lipinski definition) is 18. The molecule has 0 aliphatic carbocycles. The number of pyridine rings is 1. The first-order valence-corrected chi connectivity index (χ1v) is 17.6. The molecule has 3 aromatic heterocycles. The average molecular weight is 803 g/mol. The number of amides is 3. The van der Waals surface area contributed by atoms with Gasteiger partial charge in [0.2, 0.25) is 28.7 Å². The fourth-order valence-electron chi connectivity index (χ4n) is 5.13. The summed E-state index contributed by atoms with van der Waals surface area (Å²) in [7, 11) is 0. The van der Waals surface area contributed by atoms with Crippen LogP contribution in [-0.2, 0) is 35.4 Å². The molecule has 5 rings (SSSR count). The highest BCUT2D eigenvalue weighted by molar-refractivity contribution is 8.00. The molecule has 3 amide bonds. The van der Waals surface area contributed by atoms with E-state index in [0.717, 1.165) is 16.4 Å². The Morgan fingerprint density at radius 3 is 2.56 bits per heavy atom. The molecule has 1 unspecified atom stereocenters. The zero-order valence-electron chi connectivity index (χ0n) is 28.7. The van der Waals surface area contributed by atoms with Gasteiger partial charge < -0.3 is 47.5 Å². The van der Waals surface area contributed by atoms with E-state index in [1.807, 2.05) is 0 Å². The van der Waals surface area contributed by atoms with Crippen LogP contribution >= 0.6 is 23.3 Å². The molecule has 0 saturated carbocycles. The number of carboxylic acids is 2. The van der Waals surface area contributed by atoms with Crippen LogP contribution in [0.3, 0.4) is 0 Å². The van der Waals surface area contributed by atoms with Crippen LogP contribution in [0.15, 0.2) is 46.0 Å². The lowest BCUT2D eigenvalue weighted by atomic mass is 9.89. The van der Waals surface area contributed by atoms with E-state index in [-0.39, 0.29) is 58.2 Å². The highest BCUT2D eigenvalue weighted by Crippen LogP contribution is 2.45. The van der Waals surface area contributed by atoms with Gasteiger partial charge in [-0.15, -0.1) is 11.8 Å². The van der Waals surface area contributed by atoms with Gasteiger partial charge in [-0.3, -0.25) is 28.9 Å². The molecule has 2 aliphatic rings. The molecular formula is C30H32N11O12S2+. The second-order valence-electron chi connectivity index (χ2n) is 12.4. The largest absolute Gasteiger partial charge is 0.503 e. The van der Waals surface area contributed by atoms with E-state index >= 15 is 0 Å². The SMILES string of the molecule is CC(C)(O/N=C(\C(=O)C[C@@H]1C(=O)N2C(C(=O)O)=C(C[n+]3cnc(N)c(NC(=O)CCNC(=O)c4cc(=O)c(O)cn4O)c3)CSC12)c1nsc(N)n1)C(=O)O. The molecule has 1 fully saturated rings. The number of nitrogen functional groups attached to an aromatic ring is 2. The predicted octanol–water partition coefficient (Wildman–Crippen LogP) is -1.64. The lowest BCUT2D eigenvalue weighted by Gasteiger charge is -2.49. The summed E-state index contributed by atoms with van der Waals surface area (Å²) in [6.07, 6.45) is 2.58. The third kappa shape index (κ3) is 8.62. The van der Waals surface area contributed by atoms with Crippen LogP contribution in [0.2, 0.25) is 0 Å². The van der Waals surface area contributed by atoms with Crippen molar-refractivity contribution in [2.75, 3.05) is 29.1 Å². The van der Waals surface area contributed by atoms with E-state index in [4.69, 9.17) is 16.3 Å². The molecule has 10 N–H and O–H groups in total. The molecule has 2 atom stereocenters. The van der Waals surface area contributed by atoms with Gasteiger partial charge >= 0.3 is 11.9 Å². The molecule has 0 spiro atoms. The summed E-state index contributed by atoms with van der Waals surface area (Å²) in [5.41, 5.74) is 7.97. The first-order valence-electron chi connectivity index (χ1n) is 15.8. The number of Topliss-reactive ketones (excluding diaryl/α,β-unsaturated/α-hetero) is 1. The van der Waals surface area contributed by atoms with E-state index in [9.17, 15) is 54.1 Å². The lowest BCUT2D eigenvalue weighted by Crippen LogP contribution is -2.62. The van der Waals surface area contributed by atoms with Gasteiger partial charge in [-0.1, -0.05) is 5.16 Å². The fraction of sp³-hybridized carbons (Fsp3) is 0.333. The summed E-state index contributed by atoms with van der Waals surface area (Å²) >= 11 is 1.95. The van der Waals surface area contributed by atoms with Crippen molar-refractivity contribution in [3.63, 3.8) is 0 Å². The summed E-state index contributed by atoms with van der Waals surface area (Å²) in [5.74, 6) is -7.68. The molecule has 23 nitrogen and oxygen atoms in total. The van der Waals surface area contributed by atoms with Crippen LogP contribution < -0.4 is 32.1 Å². The van der Waals surface area contributed by atoms with Crippen LogP contribution in [0, 0.1) is 5.92 Å². The number of aromatic hydroxyl groups is 1. The Kier molecular flexibility index (Phi) is 11.3. The normalized spacial score (nSPS) is 16.9. The first-order chi connectivity index (χ1) is 25.9. The molecule has 3 aromatic rings. The minimum absolute atomic E-state index is 0.00868. The number of aliphatic carboxylic acids is 2. The average Bonchev–Trinajstić information content (AvgIpc) is 3.55. The van der Waals surface area contributed by atoms with E-state index in [1.165, 1.54) is 42.7 Å². The van der Waals surface area contributed by atoms with E-state index in [1.54, 1.807) is 0 Å². The number of nitrogens with zero attached hydrogens (tertiary/aromatic N) is 7. The van der Waals surface area contributed by atoms with Gasteiger partial charge in [0.05, 0.1) is 17.5 Å². The zero-order chi connectivity index (χ0) is 40.4. The van der Waals surface area contributed by atoms with E-state index in [0.29, 0.717) is 17.8 Å². The van der Waals surface area contributed by atoms with Crippen molar-refractivity contribution < 1.29 is 58.7 Å². The van der Waals surface area contributed by atoms with Crippen molar-refractivity contribution >= 4 is 81.1 Å². The van der Waals surface area contributed by atoms with Crippen LogP contribution in [0.25, 0.3) is 0 Å². The maximum absolute atomic E-state index is 13.4. The first kappa shape index (κ1) is 39.6. The second kappa shape index (κ2) is 15.8. The molecule has 0 aromatic carbocycles. The smallest absolute Gasteiger partial charge is 0.352 e. The number of β-lactam (4-membered cyclic amide) rings is 1. The van der Waals surface area contributed by atoms with Crippen molar-refractivity contribution in [2.45, 2.75) is 44.2 Å². The quantitative estimate of drug-likeness (QED) is 0.0281. The van der Waals surface area contributed by atoms with Gasteiger partial charge in [0.1, 0.15) is 24.1 Å². The maximum Gasteiger partial charge on any atom is 0.352 e. The molecular weight excluding hydrogens is 771 g/mol. The topological polar surface area (TPSA) is 349 Å². The molecule has 290 valence electrons. The number of carbonyl (C=O) groups excluding carboxylic acids is 4. The number of hydrogen-bond donors (Lipinski definition) is 8. The third-order valence-electron chi connectivity index (χ3n) is 8.01. The van der Waals surface area contributed by atoms with Crippen molar-refractivity contribution in [2.24, 2.45) is 11.1 Å². The number of ketones is 1. The maximum atomic E-state index is 13.4. The van der Waals surface area contributed by atoms with Crippen LogP contribution in [0.4, 0.5) is 16.6 Å². The molecule has 25 heteroatoms. The number of rotatable bonds is 15. The highest BCUT2D eigenvalue weighted by atomic mass is 32.2. The van der Waals surface area contributed by atoms with E-state index < -0.39 is 81.3 Å². The number of oxime groups is 1. The van der Waals surface area contributed by atoms with Gasteiger partial charge in [0, 0.05) is 48.3 Å². The van der Waals surface area contributed by atoms with Crippen molar-refractivity contribution in [1.29, 1.82) is 0 Å². The Hall–Kier alpha value is -6.63. The highest BCUT2D eigenvalue weighted by Gasteiger charge is 2.54. The molecule has 1 saturated heterocycles. The number of nitrogens with two attached hydrogens (primary N) is 2. The van der Waals surface area contributed by atoms with Gasteiger partial charge in [-0.25, -0.2) is 14.2 Å². The van der Waals surface area contributed by atoms with Crippen LogP contribution in [0.1, 0.15) is 43.0 Å². The van der Waals surface area contributed by atoms with Crippen LogP contribution in [0.5, 0.6) is 5.75 Å². The van der Waals surface area contributed by atoms with Gasteiger partial charge in [0.15, 0.2) is 28.1 Å². The Morgan fingerprint density at radius 1 is 1.18 bits per heavy atom. The summed E-state index contributed by atoms with van der Waals surface area (Å²) in [6.45, 7) is 2.08. The minimum atomic E-state index is -1.83. The summed E-state index contributed by atoms with van der Waals surface area (Å²) in [4.78, 5) is 102. The van der Waals surface area contributed by atoms with Gasteiger partial charge in [-0.05, 0) is 18.8 Å². The van der Waals surface area contributed by atoms with Crippen molar-refractivity contribution in [1.82, 2.24) is 29.3 Å². The Balaban J connectivity index is 1.25. The molecule has 55 heavy (non-hydrogen) atoms. The number of aromatic nitrogens is 5. The summed E-state index contributed by atoms with van der Waals surface area (Å²) < 4.78 is 5.63. The standard InChI is InChI=1S/C30H31N11O12S2/c1-30(2,28(50)51)53-37-20(23-36-29(32)55-38-23)17(43)5-13-25(47)41-21(27(48)49)12(10-54-26(13)41)7-39-8-14(22(31)34-11-39)35-19(45)3-4-33-24(46)15-6-16(42)18(44)9-40(15)52/h6,8-9,11,13,26,31,52H,3-5,7,10H2,1-2H3,(H7,32,33,35,36,38,44,45,46,48,49,50,51)/p+1/b37-20+/t13-,26?/m1/s1. The minimum Gasteiger partial charge on any atom is -0.503 e. The lowest BCUT2D eigenvalue weighted by molar-refractivity contribution is -0.691. The predicted molar refractivity (Wildman–Crippen MR) is 189 cm³/mol. The zero-order valence-corrected chi connectivity index (χ0v) is 30.3. The second-order valence-corrected chi connectivity index (χ2v) is 14.2. The van der Waals surface area contributed by atoms with Crippen molar-refractivity contribution in [3.8, 4) is 5.75 Å². The van der Waals surface area contributed by atoms with Gasteiger partial charge in [-0.2, -0.15) is 14.1 Å². The molecule has 2 aliphatic heterocycles. The van der Waals surface area contributed by atoms with Crippen molar-refractivity contribution in [3.05, 3.63) is 57.8 Å². The Morgan fingerprint density at radius 2 is 1.91 bits per heavy atom. The number of carbonyl (C=O) groups is 6.